The van der Waals surface area contributed by atoms with Crippen molar-refractivity contribution in [1.29, 1.82) is 0 Å². The van der Waals surface area contributed by atoms with Gasteiger partial charge in [-0.25, -0.2) is 4.98 Å². The predicted octanol–water partition coefficient (Wildman–Crippen LogP) is 3.48. The Kier molecular flexibility index (Phi) is 8.29. The molecule has 25 heavy (non-hydrogen) atoms. The molecule has 1 heterocycles. The monoisotopic (exact) mass is 343 g/mol. The smallest absolute Gasteiger partial charge is 0.191 e. The van der Waals surface area contributed by atoms with Crippen LogP contribution in [0.5, 0.6) is 0 Å². The molecule has 5 nitrogen and oxygen atoms in total. The summed E-state index contributed by atoms with van der Waals surface area (Å²) in [5, 5.41) is 6.77. The molecule has 0 aromatic carbocycles. The van der Waals surface area contributed by atoms with Crippen molar-refractivity contribution in [3.8, 4) is 0 Å². The maximum atomic E-state index is 4.57. The molecule has 2 rings (SSSR count). The highest BCUT2D eigenvalue weighted by Gasteiger charge is 2.05. The van der Waals surface area contributed by atoms with Crippen molar-refractivity contribution < 1.29 is 0 Å². The summed E-state index contributed by atoms with van der Waals surface area (Å²) in [6.07, 6.45) is 10.7. The fraction of sp³-hybridized carbons (Fsp3) is 0.600. The summed E-state index contributed by atoms with van der Waals surface area (Å²) in [7, 11) is 1.82. The maximum absolute atomic E-state index is 4.57. The highest BCUT2D eigenvalue weighted by molar-refractivity contribution is 5.79. The van der Waals surface area contributed by atoms with Crippen molar-refractivity contribution in [3.63, 3.8) is 0 Å². The van der Waals surface area contributed by atoms with E-state index in [1.54, 1.807) is 5.57 Å². The lowest BCUT2D eigenvalue weighted by molar-refractivity contribution is 0.665. The van der Waals surface area contributed by atoms with Crippen LogP contribution in [0.3, 0.4) is 0 Å². The van der Waals surface area contributed by atoms with Gasteiger partial charge in [0.2, 0.25) is 0 Å². The topological polar surface area (TPSA) is 52.5 Å². The Bertz CT molecular complexity index is 558. The second kappa shape index (κ2) is 10.7. The fourth-order valence-electron chi connectivity index (χ4n) is 3.14. The third-order valence-electron chi connectivity index (χ3n) is 4.70. The van der Waals surface area contributed by atoms with Crippen LogP contribution in [0.4, 0.5) is 5.82 Å². The Morgan fingerprint density at radius 2 is 2.04 bits per heavy atom. The molecule has 5 heteroatoms. The number of nitrogens with zero attached hydrogens (tertiary/aromatic N) is 3. The van der Waals surface area contributed by atoms with Crippen molar-refractivity contribution in [1.82, 2.24) is 15.6 Å². The van der Waals surface area contributed by atoms with Crippen LogP contribution in [-0.4, -0.2) is 37.6 Å². The fourth-order valence-corrected chi connectivity index (χ4v) is 3.14. The van der Waals surface area contributed by atoms with Crippen LogP contribution >= 0.6 is 0 Å². The number of hydrogen-bond acceptors (Lipinski definition) is 3. The van der Waals surface area contributed by atoms with Crippen LogP contribution in [0.2, 0.25) is 0 Å². The van der Waals surface area contributed by atoms with Crippen LogP contribution in [0.25, 0.3) is 0 Å². The molecule has 0 radical (unpaired) electrons. The van der Waals surface area contributed by atoms with Gasteiger partial charge < -0.3 is 15.5 Å². The van der Waals surface area contributed by atoms with E-state index in [1.165, 1.54) is 25.7 Å². The van der Waals surface area contributed by atoms with E-state index in [-0.39, 0.29) is 0 Å². The zero-order valence-corrected chi connectivity index (χ0v) is 16.0. The van der Waals surface area contributed by atoms with Gasteiger partial charge in [-0.2, -0.15) is 0 Å². The number of pyridine rings is 1. The van der Waals surface area contributed by atoms with Crippen LogP contribution in [-0.2, 0) is 6.54 Å². The van der Waals surface area contributed by atoms with Crippen LogP contribution < -0.4 is 15.5 Å². The second-order valence-corrected chi connectivity index (χ2v) is 6.41. The molecule has 138 valence electrons. The molecule has 0 aliphatic heterocycles. The number of aliphatic imine (C=N–C) groups is 1. The first kappa shape index (κ1) is 19.3. The summed E-state index contributed by atoms with van der Waals surface area (Å²) in [6, 6.07) is 4.23. The minimum atomic E-state index is 0.730. The van der Waals surface area contributed by atoms with Crippen molar-refractivity contribution in [2.45, 2.75) is 52.5 Å². The molecule has 0 bridgehead atoms. The van der Waals surface area contributed by atoms with Gasteiger partial charge in [-0.05, 0) is 57.6 Å². The van der Waals surface area contributed by atoms with Gasteiger partial charge in [0, 0.05) is 39.4 Å². The first-order chi connectivity index (χ1) is 12.3. The number of nitrogens with one attached hydrogen (secondary N) is 2. The van der Waals surface area contributed by atoms with E-state index >= 15 is 0 Å². The third kappa shape index (κ3) is 6.40. The van der Waals surface area contributed by atoms with Gasteiger partial charge >= 0.3 is 0 Å². The summed E-state index contributed by atoms with van der Waals surface area (Å²) >= 11 is 0. The van der Waals surface area contributed by atoms with Gasteiger partial charge in [-0.1, -0.05) is 17.7 Å². The summed E-state index contributed by atoms with van der Waals surface area (Å²) in [5.74, 6) is 1.89. The average molecular weight is 344 g/mol. The predicted molar refractivity (Wildman–Crippen MR) is 107 cm³/mol. The Morgan fingerprint density at radius 1 is 1.20 bits per heavy atom. The van der Waals surface area contributed by atoms with Crippen molar-refractivity contribution in [2.75, 3.05) is 31.6 Å². The van der Waals surface area contributed by atoms with Crippen molar-refractivity contribution >= 4 is 11.8 Å². The summed E-state index contributed by atoms with van der Waals surface area (Å²) < 4.78 is 0. The van der Waals surface area contributed by atoms with E-state index in [1.807, 2.05) is 13.2 Å². The molecular formula is C20H33N5. The molecule has 0 unspecified atom stereocenters. The van der Waals surface area contributed by atoms with Gasteiger partial charge in [-0.3, -0.25) is 4.99 Å². The summed E-state index contributed by atoms with van der Waals surface area (Å²) in [6.45, 7) is 7.93. The molecule has 0 atom stereocenters. The first-order valence-electron chi connectivity index (χ1n) is 9.59. The molecule has 1 aliphatic carbocycles. The van der Waals surface area contributed by atoms with E-state index in [2.05, 4.69) is 57.6 Å². The highest BCUT2D eigenvalue weighted by Crippen LogP contribution is 2.19. The molecule has 1 aliphatic rings. The molecule has 0 spiro atoms. The van der Waals surface area contributed by atoms with Gasteiger partial charge in [0.05, 0.1) is 0 Å². The van der Waals surface area contributed by atoms with E-state index in [0.717, 1.165) is 49.9 Å². The number of anilines is 1. The van der Waals surface area contributed by atoms with E-state index in [9.17, 15) is 0 Å². The van der Waals surface area contributed by atoms with Crippen molar-refractivity contribution in [3.05, 3.63) is 35.5 Å². The van der Waals surface area contributed by atoms with E-state index in [4.69, 9.17) is 0 Å². The maximum Gasteiger partial charge on any atom is 0.191 e. The van der Waals surface area contributed by atoms with Crippen LogP contribution in [0.1, 0.15) is 51.5 Å². The number of allylic oxidation sites excluding steroid dienone is 1. The first-order valence-corrected chi connectivity index (χ1v) is 9.59. The molecule has 0 saturated heterocycles. The number of rotatable bonds is 8. The Labute approximate surface area is 152 Å². The minimum absolute atomic E-state index is 0.730. The summed E-state index contributed by atoms with van der Waals surface area (Å²) in [4.78, 5) is 11.1. The lowest BCUT2D eigenvalue weighted by atomic mass is 9.97. The Balaban J connectivity index is 1.75. The quantitative estimate of drug-likeness (QED) is 0.431. The Morgan fingerprint density at radius 3 is 2.64 bits per heavy atom. The standard InChI is InChI=1S/C20H33N5/c1-4-25(5-2)19-12-11-18(15-23-19)16-24-20(21-3)22-14-13-17-9-7-6-8-10-17/h9,11-12,15H,4-8,10,13-14,16H2,1-3H3,(H2,21,22,24). The Hall–Kier alpha value is -2.04. The molecule has 1 aromatic heterocycles. The zero-order valence-electron chi connectivity index (χ0n) is 16.0. The lowest BCUT2D eigenvalue weighted by Crippen LogP contribution is -2.37. The number of hydrogen-bond donors (Lipinski definition) is 2. The van der Waals surface area contributed by atoms with Gasteiger partial charge in [0.1, 0.15) is 5.82 Å². The largest absolute Gasteiger partial charge is 0.357 e. The van der Waals surface area contributed by atoms with Crippen LogP contribution in [0, 0.1) is 0 Å². The number of guanidine groups is 1. The average Bonchev–Trinajstić information content (AvgIpc) is 2.67. The molecule has 0 saturated carbocycles. The third-order valence-corrected chi connectivity index (χ3v) is 4.70. The van der Waals surface area contributed by atoms with Crippen LogP contribution in [0.15, 0.2) is 35.0 Å². The highest BCUT2D eigenvalue weighted by atomic mass is 15.2. The van der Waals surface area contributed by atoms with Crippen molar-refractivity contribution in [2.24, 2.45) is 4.99 Å². The SMILES string of the molecule is CCN(CC)c1ccc(CNC(=NC)NCCC2=CCCCC2)cn1. The lowest BCUT2D eigenvalue weighted by Gasteiger charge is -2.19. The van der Waals surface area contributed by atoms with E-state index < -0.39 is 0 Å². The van der Waals surface area contributed by atoms with Gasteiger partial charge in [0.15, 0.2) is 5.96 Å². The molecule has 0 amide bonds. The number of aromatic nitrogens is 1. The van der Waals surface area contributed by atoms with E-state index in [0.29, 0.717) is 0 Å². The normalized spacial score (nSPS) is 14.8. The van der Waals surface area contributed by atoms with Gasteiger partial charge in [-0.15, -0.1) is 0 Å². The molecule has 0 fully saturated rings. The molecule has 1 aromatic rings. The zero-order chi connectivity index (χ0) is 17.9. The minimum Gasteiger partial charge on any atom is -0.357 e. The summed E-state index contributed by atoms with van der Waals surface area (Å²) in [5.41, 5.74) is 2.75. The van der Waals surface area contributed by atoms with Gasteiger partial charge in [0.25, 0.3) is 0 Å². The molecule has 2 N–H and O–H groups in total. The molecular weight excluding hydrogens is 310 g/mol. The second-order valence-electron chi connectivity index (χ2n) is 6.41.